The summed E-state index contributed by atoms with van der Waals surface area (Å²) in [4.78, 5) is 11.8. The van der Waals surface area contributed by atoms with Crippen molar-refractivity contribution in [2.45, 2.75) is 46.6 Å². The Morgan fingerprint density at radius 1 is 1.32 bits per heavy atom. The van der Waals surface area contributed by atoms with E-state index in [1.165, 1.54) is 0 Å². The molecule has 1 atom stereocenters. The lowest BCUT2D eigenvalue weighted by molar-refractivity contribution is -0.120. The number of carbonyl (C=O) groups is 1. The highest BCUT2D eigenvalue weighted by Crippen LogP contribution is 2.24. The first kappa shape index (κ1) is 16.0. The molecule has 0 saturated heterocycles. The molecule has 19 heavy (non-hydrogen) atoms. The van der Waals surface area contributed by atoms with Crippen LogP contribution in [0.1, 0.15) is 37.8 Å². The maximum absolute atomic E-state index is 11.8. The molecule has 0 saturated carbocycles. The van der Waals surface area contributed by atoms with Gasteiger partial charge in [-0.25, -0.2) is 0 Å². The molecule has 0 fully saturated rings. The molecule has 106 valence electrons. The van der Waals surface area contributed by atoms with E-state index in [0.717, 1.165) is 34.1 Å². The highest BCUT2D eigenvalue weighted by Gasteiger charge is 2.08. The van der Waals surface area contributed by atoms with Crippen molar-refractivity contribution in [1.29, 1.82) is 0 Å². The lowest BCUT2D eigenvalue weighted by atomic mass is 10.1. The predicted octanol–water partition coefficient (Wildman–Crippen LogP) is 3.78. The summed E-state index contributed by atoms with van der Waals surface area (Å²) in [6.45, 7) is 8.56. The van der Waals surface area contributed by atoms with E-state index in [1.54, 1.807) is 0 Å². The summed E-state index contributed by atoms with van der Waals surface area (Å²) in [5.41, 5.74) is 3.32. The van der Waals surface area contributed by atoms with Crippen molar-refractivity contribution in [3.05, 3.63) is 27.7 Å². The smallest absolute Gasteiger partial charge is 0.239 e. The maximum Gasteiger partial charge on any atom is 0.239 e. The third-order valence-electron chi connectivity index (χ3n) is 3.05. The Kier molecular flexibility index (Phi) is 6.35. The molecule has 2 N–H and O–H groups in total. The lowest BCUT2D eigenvalue weighted by Crippen LogP contribution is -2.36. The van der Waals surface area contributed by atoms with E-state index >= 15 is 0 Å². The fourth-order valence-electron chi connectivity index (χ4n) is 2.19. The molecule has 0 aliphatic carbocycles. The van der Waals surface area contributed by atoms with Gasteiger partial charge in [-0.2, -0.15) is 0 Å². The number of anilines is 1. The third-order valence-corrected chi connectivity index (χ3v) is 3.51. The van der Waals surface area contributed by atoms with Crippen LogP contribution in [0.5, 0.6) is 0 Å². The second-order valence-electron chi connectivity index (χ2n) is 5.03. The number of benzene rings is 1. The summed E-state index contributed by atoms with van der Waals surface area (Å²) < 4.78 is 1.06. The molecule has 4 heteroatoms. The summed E-state index contributed by atoms with van der Waals surface area (Å²) in [5.74, 6) is 0.0441. The minimum atomic E-state index is 0.0441. The van der Waals surface area contributed by atoms with E-state index < -0.39 is 0 Å². The monoisotopic (exact) mass is 326 g/mol. The molecule has 0 radical (unpaired) electrons. The Morgan fingerprint density at radius 2 is 1.89 bits per heavy atom. The number of carbonyl (C=O) groups excluding carboxylic acids is 1. The minimum absolute atomic E-state index is 0.0441. The third kappa shape index (κ3) is 5.23. The molecular weight excluding hydrogens is 304 g/mol. The van der Waals surface area contributed by atoms with Crippen LogP contribution in [-0.4, -0.2) is 18.5 Å². The van der Waals surface area contributed by atoms with E-state index in [9.17, 15) is 4.79 Å². The Labute approximate surface area is 124 Å². The van der Waals surface area contributed by atoms with Gasteiger partial charge in [0, 0.05) is 16.2 Å². The number of amides is 1. The van der Waals surface area contributed by atoms with Crippen LogP contribution in [0.3, 0.4) is 0 Å². The fourth-order valence-corrected chi connectivity index (χ4v) is 2.88. The van der Waals surface area contributed by atoms with E-state index in [0.29, 0.717) is 6.54 Å². The van der Waals surface area contributed by atoms with Gasteiger partial charge in [0.05, 0.1) is 6.54 Å². The maximum atomic E-state index is 11.8. The molecule has 0 bridgehead atoms. The van der Waals surface area contributed by atoms with Crippen molar-refractivity contribution in [3.63, 3.8) is 0 Å². The molecule has 1 aromatic rings. The molecular formula is C15H23BrN2O. The van der Waals surface area contributed by atoms with Gasteiger partial charge >= 0.3 is 0 Å². The van der Waals surface area contributed by atoms with Crippen LogP contribution in [0.2, 0.25) is 0 Å². The fraction of sp³-hybridized carbons (Fsp3) is 0.533. The number of nitrogens with one attached hydrogen (secondary N) is 2. The summed E-state index contributed by atoms with van der Waals surface area (Å²) in [7, 11) is 0. The molecule has 1 amide bonds. The first-order valence-electron chi connectivity index (χ1n) is 6.74. The molecule has 1 aromatic carbocycles. The van der Waals surface area contributed by atoms with E-state index in [1.807, 2.05) is 32.9 Å². The van der Waals surface area contributed by atoms with E-state index in [-0.39, 0.29) is 11.9 Å². The van der Waals surface area contributed by atoms with Crippen molar-refractivity contribution in [1.82, 2.24) is 5.32 Å². The van der Waals surface area contributed by atoms with Crippen LogP contribution >= 0.6 is 15.9 Å². The van der Waals surface area contributed by atoms with E-state index in [4.69, 9.17) is 0 Å². The number of rotatable bonds is 6. The molecule has 0 heterocycles. The highest BCUT2D eigenvalue weighted by atomic mass is 79.9. The van der Waals surface area contributed by atoms with Gasteiger partial charge in [0.15, 0.2) is 0 Å². The molecule has 0 aromatic heterocycles. The number of hydrogen-bond donors (Lipinski definition) is 2. The number of halogens is 1. The van der Waals surface area contributed by atoms with Crippen molar-refractivity contribution in [2.24, 2.45) is 0 Å². The van der Waals surface area contributed by atoms with Crippen LogP contribution < -0.4 is 10.6 Å². The zero-order valence-electron chi connectivity index (χ0n) is 12.1. The Morgan fingerprint density at radius 3 is 2.42 bits per heavy atom. The summed E-state index contributed by atoms with van der Waals surface area (Å²) in [6.07, 6.45) is 2.10. The zero-order valence-corrected chi connectivity index (χ0v) is 13.7. The van der Waals surface area contributed by atoms with Gasteiger partial charge in [-0.1, -0.05) is 29.3 Å². The van der Waals surface area contributed by atoms with Gasteiger partial charge < -0.3 is 10.6 Å². The Bertz CT molecular complexity index is 423. The van der Waals surface area contributed by atoms with E-state index in [2.05, 4.69) is 33.5 Å². The van der Waals surface area contributed by atoms with Gasteiger partial charge in [0.1, 0.15) is 0 Å². The topological polar surface area (TPSA) is 41.1 Å². The SMILES string of the molecule is CCCC(C)NC(=O)CNc1c(C)cc(Br)cc1C. The largest absolute Gasteiger partial charge is 0.376 e. The first-order chi connectivity index (χ1) is 8.93. The van der Waals surface area contributed by atoms with Crippen LogP contribution in [0, 0.1) is 13.8 Å². The quantitative estimate of drug-likeness (QED) is 0.835. The molecule has 0 spiro atoms. The summed E-state index contributed by atoms with van der Waals surface area (Å²) >= 11 is 3.47. The van der Waals surface area contributed by atoms with Gasteiger partial charge in [-0.05, 0) is 50.5 Å². The summed E-state index contributed by atoms with van der Waals surface area (Å²) in [5, 5.41) is 6.21. The van der Waals surface area contributed by atoms with Gasteiger partial charge in [-0.15, -0.1) is 0 Å². The lowest BCUT2D eigenvalue weighted by Gasteiger charge is -2.16. The standard InChI is InChI=1S/C15H23BrN2O/c1-5-6-12(4)18-14(19)9-17-15-10(2)7-13(16)8-11(15)3/h7-8,12,17H,5-6,9H2,1-4H3,(H,18,19). The van der Waals surface area contributed by atoms with Gasteiger partial charge in [0.25, 0.3) is 0 Å². The molecule has 3 nitrogen and oxygen atoms in total. The second kappa shape index (κ2) is 7.53. The predicted molar refractivity (Wildman–Crippen MR) is 84.6 cm³/mol. The van der Waals surface area contributed by atoms with Crippen molar-refractivity contribution in [3.8, 4) is 0 Å². The van der Waals surface area contributed by atoms with Crippen LogP contribution in [0.4, 0.5) is 5.69 Å². The first-order valence-corrected chi connectivity index (χ1v) is 7.53. The average molecular weight is 327 g/mol. The Hall–Kier alpha value is -1.03. The van der Waals surface area contributed by atoms with Crippen LogP contribution in [-0.2, 0) is 4.79 Å². The highest BCUT2D eigenvalue weighted by molar-refractivity contribution is 9.10. The Balaban J connectivity index is 2.55. The molecule has 0 aliphatic rings. The zero-order chi connectivity index (χ0) is 14.4. The summed E-state index contributed by atoms with van der Waals surface area (Å²) in [6, 6.07) is 4.34. The molecule has 0 aliphatic heterocycles. The number of aryl methyl sites for hydroxylation is 2. The van der Waals surface area contributed by atoms with Crippen LogP contribution in [0.15, 0.2) is 16.6 Å². The van der Waals surface area contributed by atoms with Gasteiger partial charge in [0.2, 0.25) is 5.91 Å². The minimum Gasteiger partial charge on any atom is -0.376 e. The van der Waals surface area contributed by atoms with Crippen molar-refractivity contribution < 1.29 is 4.79 Å². The molecule has 1 unspecified atom stereocenters. The van der Waals surface area contributed by atoms with Crippen molar-refractivity contribution >= 4 is 27.5 Å². The van der Waals surface area contributed by atoms with Crippen molar-refractivity contribution in [2.75, 3.05) is 11.9 Å². The molecule has 1 rings (SSSR count). The normalized spacial score (nSPS) is 12.1. The average Bonchev–Trinajstić information content (AvgIpc) is 2.27. The number of hydrogen-bond acceptors (Lipinski definition) is 2. The van der Waals surface area contributed by atoms with Gasteiger partial charge in [-0.3, -0.25) is 4.79 Å². The second-order valence-corrected chi connectivity index (χ2v) is 5.94. The van der Waals surface area contributed by atoms with Crippen LogP contribution in [0.25, 0.3) is 0 Å².